The van der Waals surface area contributed by atoms with Gasteiger partial charge in [0.05, 0.1) is 30.2 Å². The number of furan rings is 1. The monoisotopic (exact) mass is 568 g/mol. The van der Waals surface area contributed by atoms with Gasteiger partial charge in [-0.1, -0.05) is 145 Å². The maximum atomic E-state index is 9.34. The second-order valence-electron chi connectivity index (χ2n) is 9.59. The molecular formula is C42H26O. The van der Waals surface area contributed by atoms with Gasteiger partial charge in [0.1, 0.15) is 11.2 Å². The Morgan fingerprint density at radius 2 is 0.953 bits per heavy atom. The van der Waals surface area contributed by atoms with Crippen LogP contribution in [0.25, 0.3) is 87.6 Å². The highest BCUT2D eigenvalue weighted by atomic mass is 16.3. The van der Waals surface area contributed by atoms with E-state index in [1.807, 2.05) is 0 Å². The molecule has 0 saturated carbocycles. The quantitative estimate of drug-likeness (QED) is 0.193. The molecular weight excluding hydrogens is 520 g/mol. The molecule has 0 saturated heterocycles. The standard InChI is InChI=1S/C42H26O/c1-2-11-30-26-31(25-22-27(30)10-1)28-20-23-29(24-21-28)40-33-13-3-5-15-35(33)41(36-16-6-4-14-34(36)40)38-18-9-17-37-32-12-7-8-19-39(32)43-42(37)38/h1-26H/i1D,2D,3D,4D,5D,6D,7D,8D,9D,10D,11D,12D,13D,14D,15D,16D,17D,18D,19D,22D,25D,26D. The molecule has 9 rings (SSSR count). The Balaban J connectivity index is 1.47. The summed E-state index contributed by atoms with van der Waals surface area (Å²) in [6.45, 7) is 0. The Hall–Kier alpha value is -5.66. The summed E-state index contributed by atoms with van der Waals surface area (Å²) in [5, 5.41) is -2.78. The summed E-state index contributed by atoms with van der Waals surface area (Å²) in [5.74, 6) is 0. The lowest BCUT2D eigenvalue weighted by Crippen LogP contribution is -1.91. The first-order valence-electron chi connectivity index (χ1n) is 24.0. The van der Waals surface area contributed by atoms with Crippen molar-refractivity contribution in [3.63, 3.8) is 0 Å². The molecule has 0 atom stereocenters. The Kier molecular flexibility index (Phi) is 2.39. The molecule has 9 aromatic rings. The van der Waals surface area contributed by atoms with E-state index in [9.17, 15) is 6.85 Å². The van der Waals surface area contributed by atoms with Gasteiger partial charge >= 0.3 is 0 Å². The Bertz CT molecular complexity index is 3640. The van der Waals surface area contributed by atoms with Crippen molar-refractivity contribution >= 4 is 54.3 Å². The van der Waals surface area contributed by atoms with Gasteiger partial charge in [-0.3, -0.25) is 0 Å². The molecule has 0 bridgehead atoms. The van der Waals surface area contributed by atoms with Gasteiger partial charge in [-0.15, -0.1) is 0 Å². The first kappa shape index (κ1) is 10.9. The van der Waals surface area contributed by atoms with Gasteiger partial charge in [0, 0.05) is 21.9 Å². The van der Waals surface area contributed by atoms with Crippen molar-refractivity contribution in [1.82, 2.24) is 0 Å². The normalized spacial score (nSPS) is 18.9. The van der Waals surface area contributed by atoms with Crippen LogP contribution >= 0.6 is 0 Å². The number of hydrogen-bond donors (Lipinski definition) is 0. The fourth-order valence-electron chi connectivity index (χ4n) is 5.40. The second kappa shape index (κ2) is 9.44. The highest BCUT2D eigenvalue weighted by Gasteiger charge is 2.20. The van der Waals surface area contributed by atoms with Gasteiger partial charge in [-0.2, -0.15) is 0 Å². The van der Waals surface area contributed by atoms with E-state index in [4.69, 9.17) is 27.7 Å². The third kappa shape index (κ3) is 3.72. The van der Waals surface area contributed by atoms with E-state index in [-0.39, 0.29) is 54.6 Å². The fourth-order valence-corrected chi connectivity index (χ4v) is 5.40. The second-order valence-corrected chi connectivity index (χ2v) is 9.59. The van der Waals surface area contributed by atoms with E-state index in [0.29, 0.717) is 0 Å². The number of para-hydroxylation sites is 2. The van der Waals surface area contributed by atoms with Crippen LogP contribution in [0.5, 0.6) is 0 Å². The van der Waals surface area contributed by atoms with Gasteiger partial charge in [-0.25, -0.2) is 0 Å². The first-order valence-corrected chi connectivity index (χ1v) is 13.0. The average Bonchev–Trinajstić information content (AvgIpc) is 3.69. The molecule has 8 aromatic carbocycles. The van der Waals surface area contributed by atoms with Crippen LogP contribution in [0.4, 0.5) is 0 Å². The molecule has 1 nitrogen and oxygen atoms in total. The Morgan fingerprint density at radius 3 is 1.67 bits per heavy atom. The lowest BCUT2D eigenvalue weighted by molar-refractivity contribution is 0.670. The van der Waals surface area contributed by atoms with Crippen molar-refractivity contribution in [2.24, 2.45) is 0 Å². The smallest absolute Gasteiger partial charge is 0.143 e. The predicted molar refractivity (Wildman–Crippen MR) is 183 cm³/mol. The molecule has 1 heteroatoms. The van der Waals surface area contributed by atoms with Crippen LogP contribution in [0.3, 0.4) is 0 Å². The van der Waals surface area contributed by atoms with Crippen molar-refractivity contribution in [2.45, 2.75) is 0 Å². The predicted octanol–water partition coefficient (Wildman–Crippen LogP) is 12.0. The van der Waals surface area contributed by atoms with Gasteiger partial charge in [0.25, 0.3) is 0 Å². The van der Waals surface area contributed by atoms with Crippen molar-refractivity contribution in [3.05, 3.63) is 157 Å². The van der Waals surface area contributed by atoms with Crippen LogP contribution in [0.1, 0.15) is 30.2 Å². The van der Waals surface area contributed by atoms with Crippen molar-refractivity contribution in [2.75, 3.05) is 0 Å². The number of fused-ring (bicyclic) bond motifs is 6. The fraction of sp³-hybridized carbons (Fsp3) is 0. The first-order chi connectivity index (χ1) is 30.5. The molecule has 0 aliphatic carbocycles. The van der Waals surface area contributed by atoms with Gasteiger partial charge in [0.15, 0.2) is 0 Å². The minimum atomic E-state index is -0.799. The molecule has 0 spiro atoms. The van der Waals surface area contributed by atoms with E-state index in [2.05, 4.69) is 0 Å². The van der Waals surface area contributed by atoms with E-state index >= 15 is 0 Å². The minimum Gasteiger partial charge on any atom is -0.455 e. The average molecular weight is 569 g/mol. The van der Waals surface area contributed by atoms with Crippen LogP contribution in [0.15, 0.2) is 162 Å². The Morgan fingerprint density at radius 1 is 0.395 bits per heavy atom. The number of rotatable bonds is 3. The largest absolute Gasteiger partial charge is 0.455 e. The summed E-state index contributed by atoms with van der Waals surface area (Å²) in [6, 6.07) is -9.55. The molecule has 0 radical (unpaired) electrons. The zero-order valence-electron chi connectivity index (χ0n) is 43.7. The maximum absolute atomic E-state index is 9.34. The lowest BCUT2D eigenvalue weighted by atomic mass is 9.85. The summed E-state index contributed by atoms with van der Waals surface area (Å²) >= 11 is 0. The van der Waals surface area contributed by atoms with Crippen molar-refractivity contribution in [1.29, 1.82) is 0 Å². The lowest BCUT2D eigenvalue weighted by Gasteiger charge is -2.18. The van der Waals surface area contributed by atoms with E-state index in [1.165, 1.54) is 24.3 Å². The molecule has 0 fully saturated rings. The van der Waals surface area contributed by atoms with Crippen molar-refractivity contribution in [3.8, 4) is 33.4 Å². The third-order valence-corrected chi connectivity index (χ3v) is 7.27. The summed E-state index contributed by atoms with van der Waals surface area (Å²) in [7, 11) is 0. The third-order valence-electron chi connectivity index (χ3n) is 7.27. The van der Waals surface area contributed by atoms with Crippen LogP contribution in [0.2, 0.25) is 0 Å². The molecule has 1 aromatic heterocycles. The van der Waals surface area contributed by atoms with Gasteiger partial charge in [-0.05, 0) is 66.7 Å². The number of hydrogen-bond acceptors (Lipinski definition) is 1. The van der Waals surface area contributed by atoms with Crippen LogP contribution in [0, 0.1) is 0 Å². The van der Waals surface area contributed by atoms with Crippen LogP contribution in [-0.2, 0) is 0 Å². The summed E-state index contributed by atoms with van der Waals surface area (Å²) in [6.07, 6.45) is 0. The molecule has 0 aliphatic rings. The SMILES string of the molecule is [2H]c1c([2H])c([2H])c2c(oc3c(-c4c5c([2H])c([2H])c([2H])c([2H])c5c(-c5ccc(-c6c([2H])c([2H])c7c([2H])c([2H])c([2H])c([2H])c7c6[2H])cc5)c5c([2H])c([2H])c([2H])c([2H])c45)c([2H])c([2H])c([2H])c32)c1[2H]. The highest BCUT2D eigenvalue weighted by Crippen LogP contribution is 2.46. The van der Waals surface area contributed by atoms with E-state index in [1.54, 1.807) is 0 Å². The molecule has 1 heterocycles. The van der Waals surface area contributed by atoms with Crippen LogP contribution in [-0.4, -0.2) is 0 Å². The molecule has 0 aliphatic heterocycles. The van der Waals surface area contributed by atoms with E-state index in [0.717, 1.165) is 0 Å². The van der Waals surface area contributed by atoms with Gasteiger partial charge < -0.3 is 4.42 Å². The molecule has 0 amide bonds. The molecule has 0 unspecified atom stereocenters. The molecule has 200 valence electrons. The summed E-state index contributed by atoms with van der Waals surface area (Å²) in [4.78, 5) is 0. The highest BCUT2D eigenvalue weighted by molar-refractivity contribution is 6.24. The molecule has 0 N–H and O–H groups in total. The number of benzene rings is 8. The molecule has 43 heavy (non-hydrogen) atoms. The summed E-state index contributed by atoms with van der Waals surface area (Å²) < 4.78 is 199. The maximum Gasteiger partial charge on any atom is 0.143 e. The van der Waals surface area contributed by atoms with E-state index < -0.39 is 166 Å². The van der Waals surface area contributed by atoms with Gasteiger partial charge in [0.2, 0.25) is 0 Å². The summed E-state index contributed by atoms with van der Waals surface area (Å²) in [5.41, 5.74) is -2.04. The zero-order valence-corrected chi connectivity index (χ0v) is 21.7. The topological polar surface area (TPSA) is 13.1 Å². The van der Waals surface area contributed by atoms with Crippen molar-refractivity contribution < 1.29 is 34.6 Å². The minimum absolute atomic E-state index is 0.0727. The Labute approximate surface area is 280 Å². The van der Waals surface area contributed by atoms with Crippen LogP contribution < -0.4 is 0 Å². The zero-order chi connectivity index (χ0) is 47.5.